The number of benzene rings is 1. The van der Waals surface area contributed by atoms with E-state index < -0.39 is 5.82 Å². The van der Waals surface area contributed by atoms with Crippen LogP contribution in [0.1, 0.15) is 23.2 Å². The van der Waals surface area contributed by atoms with Crippen LogP contribution in [0, 0.1) is 5.82 Å². The fourth-order valence-electron chi connectivity index (χ4n) is 1.16. The minimum atomic E-state index is -0.574. The molecule has 1 rings (SSSR count). The van der Waals surface area contributed by atoms with Gasteiger partial charge in [-0.1, -0.05) is 27.5 Å². The smallest absolute Gasteiger partial charge is 0.251 e. The third-order valence-corrected chi connectivity index (χ3v) is 2.90. The topological polar surface area (TPSA) is 29.1 Å². The van der Waals surface area contributed by atoms with E-state index in [0.29, 0.717) is 12.1 Å². The van der Waals surface area contributed by atoms with E-state index in [0.717, 1.165) is 24.2 Å². The molecule has 0 heterocycles. The average Bonchev–Trinajstić information content (AvgIpc) is 2.28. The molecule has 0 aliphatic rings. The summed E-state index contributed by atoms with van der Waals surface area (Å²) in [5.74, 6) is -0.847. The Hall–Kier alpha value is -0.610. The van der Waals surface area contributed by atoms with Crippen molar-refractivity contribution in [2.75, 3.05) is 11.9 Å². The van der Waals surface area contributed by atoms with Crippen LogP contribution in [0.4, 0.5) is 4.39 Å². The molecule has 0 aromatic heterocycles. The summed E-state index contributed by atoms with van der Waals surface area (Å²) in [7, 11) is 0. The lowest BCUT2D eigenvalue weighted by atomic mass is 10.2. The summed E-state index contributed by atoms with van der Waals surface area (Å²) >= 11 is 8.82. The van der Waals surface area contributed by atoms with Gasteiger partial charge in [-0.3, -0.25) is 4.79 Å². The number of unbranched alkanes of at least 4 members (excludes halogenated alkanes) is 1. The van der Waals surface area contributed by atoms with E-state index in [1.807, 2.05) is 0 Å². The van der Waals surface area contributed by atoms with Crippen molar-refractivity contribution in [1.82, 2.24) is 5.32 Å². The van der Waals surface area contributed by atoms with Gasteiger partial charge in [-0.2, -0.15) is 0 Å². The summed E-state index contributed by atoms with van der Waals surface area (Å²) in [4.78, 5) is 11.5. The third kappa shape index (κ3) is 4.10. The van der Waals surface area contributed by atoms with Crippen molar-refractivity contribution < 1.29 is 9.18 Å². The number of rotatable bonds is 5. The first-order valence-corrected chi connectivity index (χ1v) is 6.44. The molecule has 0 saturated heterocycles. The lowest BCUT2D eigenvalue weighted by Crippen LogP contribution is -2.24. The van der Waals surface area contributed by atoms with E-state index in [2.05, 4.69) is 21.2 Å². The molecule has 0 bridgehead atoms. The van der Waals surface area contributed by atoms with Crippen LogP contribution in [0.2, 0.25) is 5.02 Å². The van der Waals surface area contributed by atoms with Crippen molar-refractivity contribution >= 4 is 33.4 Å². The molecule has 1 aromatic carbocycles. The molecule has 1 N–H and O–H groups in total. The molecule has 0 atom stereocenters. The van der Waals surface area contributed by atoms with E-state index >= 15 is 0 Å². The van der Waals surface area contributed by atoms with Crippen molar-refractivity contribution in [1.29, 1.82) is 0 Å². The summed E-state index contributed by atoms with van der Waals surface area (Å²) in [6.45, 7) is 0.592. The largest absolute Gasteiger partial charge is 0.352 e. The molecular formula is C11H12BrClFNO. The van der Waals surface area contributed by atoms with Crippen LogP contribution in [-0.2, 0) is 0 Å². The van der Waals surface area contributed by atoms with Gasteiger partial charge in [0.05, 0.1) is 5.02 Å². The molecule has 2 nitrogen and oxygen atoms in total. The van der Waals surface area contributed by atoms with E-state index in [-0.39, 0.29) is 10.9 Å². The molecule has 1 aromatic rings. The zero-order chi connectivity index (χ0) is 12.0. The molecule has 16 heavy (non-hydrogen) atoms. The number of carbonyl (C=O) groups excluding carboxylic acids is 1. The Morgan fingerprint density at radius 1 is 1.44 bits per heavy atom. The zero-order valence-corrected chi connectivity index (χ0v) is 10.9. The van der Waals surface area contributed by atoms with Crippen LogP contribution in [0.25, 0.3) is 0 Å². The molecule has 0 saturated carbocycles. The molecule has 0 unspecified atom stereocenters. The number of alkyl halides is 1. The number of halogens is 3. The highest BCUT2D eigenvalue weighted by molar-refractivity contribution is 9.09. The van der Waals surface area contributed by atoms with Crippen molar-refractivity contribution in [3.05, 3.63) is 34.6 Å². The standard InChI is InChI=1S/C11H12BrClFNO/c12-5-1-2-6-15-11(16)8-3-4-9(13)10(14)7-8/h3-4,7H,1-2,5-6H2,(H,15,16). The molecule has 0 spiro atoms. The molecular weight excluding hydrogens is 296 g/mol. The summed E-state index contributed by atoms with van der Waals surface area (Å²) in [6.07, 6.45) is 1.89. The molecule has 0 aliphatic heterocycles. The van der Waals surface area contributed by atoms with Crippen molar-refractivity contribution in [2.24, 2.45) is 0 Å². The van der Waals surface area contributed by atoms with Crippen LogP contribution in [0.15, 0.2) is 18.2 Å². The maximum atomic E-state index is 13.1. The lowest BCUT2D eigenvalue weighted by molar-refractivity contribution is 0.0952. The first kappa shape index (κ1) is 13.5. The Kier molecular flexibility index (Phi) is 5.77. The first-order valence-electron chi connectivity index (χ1n) is 4.94. The van der Waals surface area contributed by atoms with Crippen LogP contribution in [-0.4, -0.2) is 17.8 Å². The Balaban J connectivity index is 2.50. The predicted molar refractivity (Wildman–Crippen MR) is 66.8 cm³/mol. The maximum Gasteiger partial charge on any atom is 0.251 e. The third-order valence-electron chi connectivity index (χ3n) is 2.03. The van der Waals surface area contributed by atoms with Crippen molar-refractivity contribution in [2.45, 2.75) is 12.8 Å². The van der Waals surface area contributed by atoms with Crippen molar-refractivity contribution in [3.8, 4) is 0 Å². The number of amides is 1. The second-order valence-corrected chi connectivity index (χ2v) is 4.48. The molecule has 1 amide bonds. The van der Waals surface area contributed by atoms with Gasteiger partial charge >= 0.3 is 0 Å². The summed E-state index contributed by atoms with van der Waals surface area (Å²) in [6, 6.07) is 4.03. The Morgan fingerprint density at radius 3 is 2.81 bits per heavy atom. The summed E-state index contributed by atoms with van der Waals surface area (Å²) in [5, 5.41) is 3.65. The minimum Gasteiger partial charge on any atom is -0.352 e. The molecule has 0 aliphatic carbocycles. The van der Waals surface area contributed by atoms with Gasteiger partial charge < -0.3 is 5.32 Å². The van der Waals surface area contributed by atoms with E-state index in [4.69, 9.17) is 11.6 Å². The number of hydrogen-bond acceptors (Lipinski definition) is 1. The van der Waals surface area contributed by atoms with Gasteiger partial charge in [-0.15, -0.1) is 0 Å². The first-order chi connectivity index (χ1) is 7.65. The SMILES string of the molecule is O=C(NCCCCBr)c1ccc(Cl)c(F)c1. The van der Waals surface area contributed by atoms with Crippen LogP contribution >= 0.6 is 27.5 Å². The number of nitrogens with one attached hydrogen (secondary N) is 1. The normalized spacial score (nSPS) is 10.2. The van der Waals surface area contributed by atoms with Gasteiger partial charge in [0.15, 0.2) is 0 Å². The van der Waals surface area contributed by atoms with Gasteiger partial charge in [0.2, 0.25) is 0 Å². The molecule has 5 heteroatoms. The average molecular weight is 309 g/mol. The van der Waals surface area contributed by atoms with Gasteiger partial charge in [0.25, 0.3) is 5.91 Å². The maximum absolute atomic E-state index is 13.1. The Morgan fingerprint density at radius 2 is 2.19 bits per heavy atom. The van der Waals surface area contributed by atoms with Crippen LogP contribution in [0.3, 0.4) is 0 Å². The van der Waals surface area contributed by atoms with Crippen LogP contribution < -0.4 is 5.32 Å². The fraction of sp³-hybridized carbons (Fsp3) is 0.364. The highest BCUT2D eigenvalue weighted by atomic mass is 79.9. The Bertz CT molecular complexity index is 373. The second kappa shape index (κ2) is 6.86. The molecule has 0 fully saturated rings. The lowest BCUT2D eigenvalue weighted by Gasteiger charge is -2.04. The summed E-state index contributed by atoms with van der Waals surface area (Å²) < 4.78 is 13.1. The summed E-state index contributed by atoms with van der Waals surface area (Å²) in [5.41, 5.74) is 0.292. The van der Waals surface area contributed by atoms with Gasteiger partial charge in [0.1, 0.15) is 5.82 Å². The van der Waals surface area contributed by atoms with Crippen molar-refractivity contribution in [3.63, 3.8) is 0 Å². The van der Waals surface area contributed by atoms with E-state index in [1.165, 1.54) is 12.1 Å². The van der Waals surface area contributed by atoms with Gasteiger partial charge in [-0.05, 0) is 31.0 Å². The molecule has 88 valence electrons. The number of carbonyl (C=O) groups is 1. The van der Waals surface area contributed by atoms with Gasteiger partial charge in [-0.25, -0.2) is 4.39 Å². The second-order valence-electron chi connectivity index (χ2n) is 3.28. The Labute approximate surface area is 107 Å². The van der Waals surface area contributed by atoms with Crippen LogP contribution in [0.5, 0.6) is 0 Å². The monoisotopic (exact) mass is 307 g/mol. The van der Waals surface area contributed by atoms with Gasteiger partial charge in [0, 0.05) is 17.4 Å². The van der Waals surface area contributed by atoms with E-state index in [1.54, 1.807) is 0 Å². The minimum absolute atomic E-state index is 0.0239. The predicted octanol–water partition coefficient (Wildman–Crippen LogP) is 3.38. The quantitative estimate of drug-likeness (QED) is 0.656. The highest BCUT2D eigenvalue weighted by Gasteiger charge is 2.07. The molecule has 0 radical (unpaired) electrons. The fourth-order valence-corrected chi connectivity index (χ4v) is 1.67. The highest BCUT2D eigenvalue weighted by Crippen LogP contribution is 2.15. The van der Waals surface area contributed by atoms with E-state index in [9.17, 15) is 9.18 Å². The number of hydrogen-bond donors (Lipinski definition) is 1. The zero-order valence-electron chi connectivity index (χ0n) is 8.60.